The molecule has 128 valence electrons. The van der Waals surface area contributed by atoms with Crippen LogP contribution in [0.15, 0.2) is 11.4 Å². The number of carbonyl (C=O) groups is 1. The van der Waals surface area contributed by atoms with E-state index in [-0.39, 0.29) is 11.7 Å². The maximum atomic E-state index is 12.3. The lowest BCUT2D eigenvalue weighted by Gasteiger charge is -2.05. The van der Waals surface area contributed by atoms with Crippen molar-refractivity contribution in [2.24, 2.45) is 0 Å². The molecule has 0 radical (unpaired) electrons. The van der Waals surface area contributed by atoms with Crippen LogP contribution in [0.3, 0.4) is 0 Å². The Balaban J connectivity index is 1.76. The van der Waals surface area contributed by atoms with Crippen molar-refractivity contribution in [1.29, 1.82) is 5.26 Å². The van der Waals surface area contributed by atoms with Crippen molar-refractivity contribution >= 4 is 55.6 Å². The third kappa shape index (κ3) is 3.40. The monoisotopic (exact) mass is 388 g/mol. The van der Waals surface area contributed by atoms with Gasteiger partial charge in [-0.3, -0.25) is 4.79 Å². The zero-order valence-electron chi connectivity index (χ0n) is 14.3. The molecule has 3 rings (SSSR count). The average Bonchev–Trinajstić information content (AvgIpc) is 3.02. The van der Waals surface area contributed by atoms with Gasteiger partial charge >= 0.3 is 0 Å². The first kappa shape index (κ1) is 17.9. The Kier molecular flexibility index (Phi) is 5.08. The molecule has 0 unspecified atom stereocenters. The Morgan fingerprint density at radius 1 is 1.20 bits per heavy atom. The summed E-state index contributed by atoms with van der Waals surface area (Å²) in [7, 11) is 0. The predicted octanol–water partition coefficient (Wildman–Crippen LogP) is 4.59. The minimum atomic E-state index is -0.140. The van der Waals surface area contributed by atoms with Crippen LogP contribution in [0.4, 0.5) is 5.00 Å². The number of nitriles is 1. The third-order valence-electron chi connectivity index (χ3n) is 4.02. The Labute approximate surface area is 158 Å². The largest absolute Gasteiger partial charge is 0.316 e. The molecule has 0 aromatic carbocycles. The van der Waals surface area contributed by atoms with Crippen molar-refractivity contribution in [3.05, 3.63) is 32.8 Å². The lowest BCUT2D eigenvalue weighted by atomic mass is 10.2. The average molecular weight is 389 g/mol. The molecule has 1 N–H and O–H groups in total. The first-order valence-corrected chi connectivity index (χ1v) is 10.2. The Morgan fingerprint density at radius 2 is 1.92 bits per heavy atom. The Hall–Kier alpha value is -1.95. The molecule has 1 amide bonds. The molecule has 3 aromatic rings. The van der Waals surface area contributed by atoms with E-state index in [0.717, 1.165) is 25.7 Å². The molecular formula is C17H16N4OS3. The van der Waals surface area contributed by atoms with Crippen molar-refractivity contribution < 1.29 is 4.79 Å². The fourth-order valence-electron chi connectivity index (χ4n) is 2.41. The van der Waals surface area contributed by atoms with Gasteiger partial charge in [0.25, 0.3) is 0 Å². The summed E-state index contributed by atoms with van der Waals surface area (Å²) >= 11 is 4.47. The number of hydrogen-bond donors (Lipinski definition) is 1. The van der Waals surface area contributed by atoms with Gasteiger partial charge in [-0.15, -0.1) is 22.7 Å². The summed E-state index contributed by atoms with van der Waals surface area (Å²) in [6, 6.07) is 2.17. The molecule has 0 fully saturated rings. The van der Waals surface area contributed by atoms with E-state index in [1.165, 1.54) is 39.9 Å². The molecule has 0 aliphatic rings. The number of fused-ring (bicyclic) bond motifs is 1. The van der Waals surface area contributed by atoms with Crippen LogP contribution in [0.1, 0.15) is 26.4 Å². The SMILES string of the molecule is Cc1sc(NC(=O)CSc2ncnc3sc(C)c(C)c23)c(C#N)c1C. The molecule has 0 saturated heterocycles. The maximum Gasteiger partial charge on any atom is 0.235 e. The minimum Gasteiger partial charge on any atom is -0.316 e. The smallest absolute Gasteiger partial charge is 0.235 e. The number of anilines is 1. The van der Waals surface area contributed by atoms with E-state index < -0.39 is 0 Å². The molecule has 0 atom stereocenters. The van der Waals surface area contributed by atoms with E-state index in [4.69, 9.17) is 0 Å². The summed E-state index contributed by atoms with van der Waals surface area (Å²) in [5, 5.41) is 14.6. The maximum absolute atomic E-state index is 12.3. The summed E-state index contributed by atoms with van der Waals surface area (Å²) in [5.41, 5.74) is 2.65. The number of aryl methyl sites for hydroxylation is 3. The van der Waals surface area contributed by atoms with Crippen LogP contribution in [-0.4, -0.2) is 21.6 Å². The Bertz CT molecular complexity index is 1010. The molecule has 5 nitrogen and oxygen atoms in total. The number of thioether (sulfide) groups is 1. The van der Waals surface area contributed by atoms with E-state index >= 15 is 0 Å². The second kappa shape index (κ2) is 7.12. The number of thiophene rings is 2. The minimum absolute atomic E-state index is 0.140. The van der Waals surface area contributed by atoms with E-state index in [1.807, 2.05) is 13.8 Å². The highest BCUT2D eigenvalue weighted by molar-refractivity contribution is 8.00. The number of carbonyl (C=O) groups excluding carboxylic acids is 1. The molecule has 3 aromatic heterocycles. The summed E-state index contributed by atoms with van der Waals surface area (Å²) in [4.78, 5) is 24.2. The summed E-state index contributed by atoms with van der Waals surface area (Å²) in [6.07, 6.45) is 1.54. The molecule has 0 spiro atoms. The molecule has 0 aliphatic carbocycles. The fourth-order valence-corrected chi connectivity index (χ4v) is 5.35. The molecule has 3 heterocycles. The van der Waals surface area contributed by atoms with Crippen LogP contribution in [0.2, 0.25) is 0 Å². The molecule has 0 bridgehead atoms. The van der Waals surface area contributed by atoms with Gasteiger partial charge in [-0.05, 0) is 38.8 Å². The van der Waals surface area contributed by atoms with E-state index in [1.54, 1.807) is 11.3 Å². The highest BCUT2D eigenvalue weighted by atomic mass is 32.2. The summed E-state index contributed by atoms with van der Waals surface area (Å²) in [6.45, 7) is 7.96. The lowest BCUT2D eigenvalue weighted by molar-refractivity contribution is -0.113. The quantitative estimate of drug-likeness (QED) is 0.522. The first-order chi connectivity index (χ1) is 11.9. The molecule has 25 heavy (non-hydrogen) atoms. The Morgan fingerprint density at radius 3 is 2.64 bits per heavy atom. The van der Waals surface area contributed by atoms with Gasteiger partial charge in [-0.1, -0.05) is 11.8 Å². The van der Waals surface area contributed by atoms with Gasteiger partial charge in [0.1, 0.15) is 27.3 Å². The number of hydrogen-bond acceptors (Lipinski definition) is 7. The molecular weight excluding hydrogens is 372 g/mol. The van der Waals surface area contributed by atoms with Gasteiger partial charge in [0.05, 0.1) is 11.3 Å². The molecule has 0 aliphatic heterocycles. The van der Waals surface area contributed by atoms with E-state index in [9.17, 15) is 10.1 Å². The highest BCUT2D eigenvalue weighted by Gasteiger charge is 2.16. The topological polar surface area (TPSA) is 78.7 Å². The van der Waals surface area contributed by atoms with Crippen LogP contribution in [0.5, 0.6) is 0 Å². The molecule has 8 heteroatoms. The van der Waals surface area contributed by atoms with Crippen LogP contribution in [0.25, 0.3) is 10.2 Å². The van der Waals surface area contributed by atoms with Crippen molar-refractivity contribution in [2.75, 3.05) is 11.1 Å². The number of rotatable bonds is 4. The fraction of sp³-hybridized carbons (Fsp3) is 0.294. The van der Waals surface area contributed by atoms with Crippen LogP contribution in [-0.2, 0) is 4.79 Å². The van der Waals surface area contributed by atoms with Gasteiger partial charge in [0.15, 0.2) is 0 Å². The van der Waals surface area contributed by atoms with Gasteiger partial charge in [0.2, 0.25) is 5.91 Å². The second-order valence-electron chi connectivity index (χ2n) is 5.58. The van der Waals surface area contributed by atoms with Gasteiger partial charge < -0.3 is 5.32 Å². The molecule has 0 saturated carbocycles. The number of amides is 1. The lowest BCUT2D eigenvalue weighted by Crippen LogP contribution is -2.14. The first-order valence-electron chi connectivity index (χ1n) is 7.55. The van der Waals surface area contributed by atoms with Crippen molar-refractivity contribution in [1.82, 2.24) is 9.97 Å². The highest BCUT2D eigenvalue weighted by Crippen LogP contribution is 2.35. The number of nitrogens with zero attached hydrogens (tertiary/aromatic N) is 3. The number of nitrogens with one attached hydrogen (secondary N) is 1. The van der Waals surface area contributed by atoms with E-state index in [2.05, 4.69) is 35.2 Å². The predicted molar refractivity (Wildman–Crippen MR) is 105 cm³/mol. The standard InChI is InChI=1S/C17H16N4OS3/c1-8-10(3)24-15(12(8)5-18)21-13(22)6-23-16-14-9(2)11(4)25-17(14)20-7-19-16/h7H,6H2,1-4H3,(H,21,22). The van der Waals surface area contributed by atoms with Gasteiger partial charge in [0, 0.05) is 15.1 Å². The van der Waals surface area contributed by atoms with Crippen LogP contribution >= 0.6 is 34.4 Å². The normalized spacial score (nSPS) is 10.8. The van der Waals surface area contributed by atoms with E-state index in [0.29, 0.717) is 10.6 Å². The number of aromatic nitrogens is 2. The third-order valence-corrected chi connectivity index (χ3v) is 7.25. The van der Waals surface area contributed by atoms with Crippen LogP contribution < -0.4 is 5.32 Å². The zero-order valence-corrected chi connectivity index (χ0v) is 16.7. The summed E-state index contributed by atoms with van der Waals surface area (Å²) < 4.78 is 0. The van der Waals surface area contributed by atoms with Crippen molar-refractivity contribution in [3.63, 3.8) is 0 Å². The second-order valence-corrected chi connectivity index (χ2v) is 8.97. The van der Waals surface area contributed by atoms with Gasteiger partial charge in [-0.25, -0.2) is 9.97 Å². The van der Waals surface area contributed by atoms with Crippen LogP contribution in [0, 0.1) is 39.0 Å². The van der Waals surface area contributed by atoms with Crippen molar-refractivity contribution in [2.45, 2.75) is 32.7 Å². The van der Waals surface area contributed by atoms with Gasteiger partial charge in [-0.2, -0.15) is 5.26 Å². The summed E-state index contributed by atoms with van der Waals surface area (Å²) in [5.74, 6) is 0.0977. The van der Waals surface area contributed by atoms with Crippen molar-refractivity contribution in [3.8, 4) is 6.07 Å². The zero-order chi connectivity index (χ0) is 18.1.